The van der Waals surface area contributed by atoms with Crippen LogP contribution in [0.1, 0.15) is 11.1 Å². The van der Waals surface area contributed by atoms with Crippen molar-refractivity contribution in [2.24, 2.45) is 0 Å². The summed E-state index contributed by atoms with van der Waals surface area (Å²) in [5.41, 5.74) is 1.10. The van der Waals surface area contributed by atoms with Gasteiger partial charge >= 0.3 is 10.2 Å². The molecule has 0 N–H and O–H groups in total. The molecule has 0 amide bonds. The lowest BCUT2D eigenvalue weighted by Gasteiger charge is -2.08. The Morgan fingerprint density at radius 1 is 0.657 bits per heavy atom. The lowest BCUT2D eigenvalue weighted by Crippen LogP contribution is -1.97. The first kappa shape index (κ1) is 26.3. The molecule has 0 fully saturated rings. The molecule has 4 rings (SSSR count). The van der Waals surface area contributed by atoms with Gasteiger partial charge in [-0.2, -0.15) is 8.42 Å². The number of rotatable bonds is 7. The van der Waals surface area contributed by atoms with Gasteiger partial charge in [-0.25, -0.2) is 8.78 Å². The fourth-order valence-corrected chi connectivity index (χ4v) is 3.78. The Balaban J connectivity index is 0.000000198. The second-order valence-corrected chi connectivity index (χ2v) is 9.10. The fraction of sp³-hybridized carbons (Fsp3) is 0.0769. The van der Waals surface area contributed by atoms with Crippen molar-refractivity contribution in [3.8, 4) is 23.0 Å². The highest BCUT2D eigenvalue weighted by atomic mass is 79.9. The van der Waals surface area contributed by atoms with Crippen LogP contribution in [0.4, 0.5) is 12.7 Å². The number of alkyl halides is 1. The molecule has 0 heterocycles. The van der Waals surface area contributed by atoms with E-state index in [1.807, 2.05) is 18.2 Å². The molecule has 182 valence electrons. The number of halogens is 4. The van der Waals surface area contributed by atoms with Crippen LogP contribution < -0.4 is 9.47 Å². The molecule has 0 saturated heterocycles. The van der Waals surface area contributed by atoms with Crippen LogP contribution in [0.5, 0.6) is 23.0 Å². The van der Waals surface area contributed by atoms with Crippen molar-refractivity contribution >= 4 is 26.2 Å². The molecular formula is C26H20BrF3O4S. The molecule has 4 aromatic rings. The fourth-order valence-electron chi connectivity index (χ4n) is 2.85. The summed E-state index contributed by atoms with van der Waals surface area (Å²) in [4.78, 5) is 0. The maximum Gasteiger partial charge on any atom is 0.306 e. The third-order valence-corrected chi connectivity index (χ3v) is 5.75. The topological polar surface area (TPSA) is 52.6 Å². The average Bonchev–Trinajstić information content (AvgIpc) is 2.83. The van der Waals surface area contributed by atoms with Crippen LogP contribution >= 0.6 is 15.9 Å². The van der Waals surface area contributed by atoms with Crippen molar-refractivity contribution in [3.63, 3.8) is 0 Å². The number of ether oxygens (including phenoxy) is 2. The van der Waals surface area contributed by atoms with Gasteiger partial charge in [-0.3, -0.25) is 0 Å². The summed E-state index contributed by atoms with van der Waals surface area (Å²) in [6, 6.07) is 25.8. The third-order valence-electron chi connectivity index (χ3n) is 4.43. The normalized spacial score (nSPS) is 10.7. The van der Waals surface area contributed by atoms with E-state index in [2.05, 4.69) is 15.9 Å². The van der Waals surface area contributed by atoms with E-state index in [1.165, 1.54) is 18.2 Å². The summed E-state index contributed by atoms with van der Waals surface area (Å²) in [5, 5.41) is 0.679. The van der Waals surface area contributed by atoms with E-state index in [0.29, 0.717) is 16.8 Å². The summed E-state index contributed by atoms with van der Waals surface area (Å²) in [7, 11) is -4.66. The summed E-state index contributed by atoms with van der Waals surface area (Å²) < 4.78 is 71.4. The van der Waals surface area contributed by atoms with Gasteiger partial charge in [-0.15, -0.1) is 3.89 Å². The Morgan fingerprint density at radius 2 is 1.09 bits per heavy atom. The Hall–Kier alpha value is -3.30. The lowest BCUT2D eigenvalue weighted by atomic mass is 10.2. The Labute approximate surface area is 210 Å². The van der Waals surface area contributed by atoms with E-state index in [9.17, 15) is 21.1 Å². The minimum atomic E-state index is -4.66. The molecule has 0 saturated carbocycles. The van der Waals surface area contributed by atoms with E-state index in [1.54, 1.807) is 54.6 Å². The van der Waals surface area contributed by atoms with E-state index in [0.717, 1.165) is 11.6 Å². The molecule has 0 aliphatic carbocycles. The monoisotopic (exact) mass is 564 g/mol. The first-order chi connectivity index (χ1) is 16.7. The molecule has 0 atom stereocenters. The third kappa shape index (κ3) is 8.77. The highest BCUT2D eigenvalue weighted by molar-refractivity contribution is 9.08. The van der Waals surface area contributed by atoms with Crippen LogP contribution in [0.2, 0.25) is 0 Å². The number of para-hydroxylation sites is 2. The van der Waals surface area contributed by atoms with Crippen LogP contribution in [0, 0.1) is 11.6 Å². The lowest BCUT2D eigenvalue weighted by molar-refractivity contribution is 0.441. The molecule has 9 heteroatoms. The SMILES string of the molecule is Fc1ccc(CBr)cc1Oc1ccccc1.O=S(=O)(F)Cc1ccc(F)c(Oc2ccccc2)c1. The van der Waals surface area contributed by atoms with Crippen LogP contribution in [-0.4, -0.2) is 8.42 Å². The molecule has 4 nitrogen and oxygen atoms in total. The second kappa shape index (κ2) is 12.4. The molecule has 0 radical (unpaired) electrons. The van der Waals surface area contributed by atoms with E-state index >= 15 is 0 Å². The van der Waals surface area contributed by atoms with E-state index in [-0.39, 0.29) is 22.9 Å². The standard InChI is InChI=1S/C13H10BrFO.C13H10F2O3S/c14-9-10-6-7-12(15)13(8-10)16-11-4-2-1-3-5-11;14-12-7-6-10(9-19(15,16)17)8-13(12)18-11-4-2-1-3-5-11/h1-8H,9H2;1-8H,9H2. The van der Waals surface area contributed by atoms with Crippen LogP contribution in [-0.2, 0) is 21.3 Å². The zero-order valence-corrected chi connectivity index (χ0v) is 20.6. The van der Waals surface area contributed by atoms with Gasteiger partial charge in [0.25, 0.3) is 0 Å². The highest BCUT2D eigenvalue weighted by Gasteiger charge is 2.12. The summed E-state index contributed by atoms with van der Waals surface area (Å²) >= 11 is 3.32. The maximum atomic E-state index is 13.5. The van der Waals surface area contributed by atoms with Crippen molar-refractivity contribution in [3.05, 3.63) is 120 Å². The zero-order chi connectivity index (χ0) is 25.3. The first-order valence-corrected chi connectivity index (χ1v) is 12.9. The Kier molecular flexibility index (Phi) is 9.33. The first-order valence-electron chi connectivity index (χ1n) is 10.2. The van der Waals surface area contributed by atoms with E-state index < -0.39 is 21.8 Å². The predicted molar refractivity (Wildman–Crippen MR) is 132 cm³/mol. The Bertz CT molecular complexity index is 1350. The van der Waals surface area contributed by atoms with Crippen LogP contribution in [0.15, 0.2) is 97.1 Å². The number of hydrogen-bond donors (Lipinski definition) is 0. The molecule has 0 aliphatic heterocycles. The van der Waals surface area contributed by atoms with Gasteiger partial charge in [-0.05, 0) is 59.7 Å². The number of hydrogen-bond acceptors (Lipinski definition) is 4. The average molecular weight is 565 g/mol. The van der Waals surface area contributed by atoms with E-state index in [4.69, 9.17) is 9.47 Å². The van der Waals surface area contributed by atoms with Gasteiger partial charge in [0, 0.05) is 5.33 Å². The summed E-state index contributed by atoms with van der Waals surface area (Å²) in [5.74, 6) is -0.666. The molecular weight excluding hydrogens is 545 g/mol. The number of benzene rings is 4. The van der Waals surface area contributed by atoms with Gasteiger partial charge in [0.15, 0.2) is 23.1 Å². The molecule has 0 aromatic heterocycles. The van der Waals surface area contributed by atoms with Gasteiger partial charge in [0.05, 0.1) is 0 Å². The molecule has 0 spiro atoms. The Morgan fingerprint density at radius 3 is 1.51 bits per heavy atom. The minimum Gasteiger partial charge on any atom is -0.454 e. The van der Waals surface area contributed by atoms with Gasteiger partial charge in [0.2, 0.25) is 0 Å². The summed E-state index contributed by atoms with van der Waals surface area (Å²) in [6.07, 6.45) is 0. The van der Waals surface area contributed by atoms with Crippen molar-refractivity contribution < 1.29 is 30.6 Å². The van der Waals surface area contributed by atoms with Crippen molar-refractivity contribution in [1.82, 2.24) is 0 Å². The minimum absolute atomic E-state index is 0.120. The van der Waals surface area contributed by atoms with Crippen LogP contribution in [0.3, 0.4) is 0 Å². The quantitative estimate of drug-likeness (QED) is 0.169. The maximum absolute atomic E-state index is 13.5. The van der Waals surface area contributed by atoms with Crippen molar-refractivity contribution in [2.75, 3.05) is 0 Å². The van der Waals surface area contributed by atoms with Gasteiger partial charge in [0.1, 0.15) is 17.3 Å². The molecule has 4 aromatic carbocycles. The van der Waals surface area contributed by atoms with Crippen molar-refractivity contribution in [1.29, 1.82) is 0 Å². The summed E-state index contributed by atoms with van der Waals surface area (Å²) in [6.45, 7) is 0. The zero-order valence-electron chi connectivity index (χ0n) is 18.2. The van der Waals surface area contributed by atoms with Gasteiger partial charge < -0.3 is 9.47 Å². The van der Waals surface area contributed by atoms with Crippen LogP contribution in [0.25, 0.3) is 0 Å². The molecule has 0 aliphatic rings. The molecule has 35 heavy (non-hydrogen) atoms. The predicted octanol–water partition coefficient (Wildman–Crippen LogP) is 7.93. The molecule has 0 unspecified atom stereocenters. The smallest absolute Gasteiger partial charge is 0.306 e. The van der Waals surface area contributed by atoms with Crippen molar-refractivity contribution in [2.45, 2.75) is 11.1 Å². The van der Waals surface area contributed by atoms with Gasteiger partial charge in [-0.1, -0.05) is 64.5 Å². The second-order valence-electron chi connectivity index (χ2n) is 7.18. The largest absolute Gasteiger partial charge is 0.454 e. The molecule has 0 bridgehead atoms. The highest BCUT2D eigenvalue weighted by Crippen LogP contribution is 2.27.